The van der Waals surface area contributed by atoms with E-state index in [-0.39, 0.29) is 0 Å². The monoisotopic (exact) mass is 296 g/mol. The van der Waals surface area contributed by atoms with E-state index in [2.05, 4.69) is 9.88 Å². The van der Waals surface area contributed by atoms with Gasteiger partial charge in [-0.25, -0.2) is 4.79 Å². The van der Waals surface area contributed by atoms with Crippen molar-refractivity contribution in [2.45, 2.75) is 13.5 Å². The summed E-state index contributed by atoms with van der Waals surface area (Å²) >= 11 is 7.22. The van der Waals surface area contributed by atoms with Gasteiger partial charge in [-0.1, -0.05) is 11.6 Å². The average Bonchev–Trinajstić information content (AvgIpc) is 2.84. The Hall–Kier alpha value is -1.59. The lowest BCUT2D eigenvalue weighted by Crippen LogP contribution is -2.21. The summed E-state index contributed by atoms with van der Waals surface area (Å²) in [5.74, 6) is -0.885. The number of thiophene rings is 1. The van der Waals surface area contributed by atoms with E-state index in [1.807, 2.05) is 19.1 Å². The van der Waals surface area contributed by atoms with Crippen LogP contribution in [0.15, 0.2) is 30.6 Å². The van der Waals surface area contributed by atoms with Crippen LogP contribution in [0, 0.1) is 0 Å². The predicted molar refractivity (Wildman–Crippen MR) is 77.2 cm³/mol. The summed E-state index contributed by atoms with van der Waals surface area (Å²) in [5.41, 5.74) is 0.931. The molecule has 4 nitrogen and oxygen atoms in total. The molecule has 0 spiro atoms. The smallest absolute Gasteiger partial charge is 0.345 e. The van der Waals surface area contributed by atoms with Gasteiger partial charge in [0.05, 0.1) is 23.5 Å². The van der Waals surface area contributed by atoms with Crippen LogP contribution in [0.25, 0.3) is 0 Å². The highest BCUT2D eigenvalue weighted by Gasteiger charge is 2.11. The van der Waals surface area contributed by atoms with E-state index in [1.54, 1.807) is 18.5 Å². The minimum absolute atomic E-state index is 0.357. The summed E-state index contributed by atoms with van der Waals surface area (Å²) in [6, 6.07) is 5.32. The third kappa shape index (κ3) is 3.45. The zero-order valence-electron chi connectivity index (χ0n) is 10.3. The van der Waals surface area contributed by atoms with E-state index in [4.69, 9.17) is 16.7 Å². The maximum Gasteiger partial charge on any atom is 0.345 e. The molecule has 0 bridgehead atoms. The van der Waals surface area contributed by atoms with Gasteiger partial charge in [0.2, 0.25) is 0 Å². The van der Waals surface area contributed by atoms with Crippen LogP contribution in [0.1, 0.15) is 21.5 Å². The Labute approximate surface area is 120 Å². The molecule has 0 amide bonds. The van der Waals surface area contributed by atoms with Gasteiger partial charge in [0.1, 0.15) is 4.88 Å². The number of nitrogens with zero attached hydrogens (tertiary/aromatic N) is 2. The Balaban J connectivity index is 2.16. The molecule has 0 aromatic carbocycles. The van der Waals surface area contributed by atoms with Crippen molar-refractivity contribution in [3.8, 4) is 0 Å². The minimum Gasteiger partial charge on any atom is -0.477 e. The molecule has 2 heterocycles. The second kappa shape index (κ2) is 6.04. The van der Waals surface area contributed by atoms with Crippen LogP contribution in [-0.2, 0) is 6.54 Å². The summed E-state index contributed by atoms with van der Waals surface area (Å²) in [4.78, 5) is 18.4. The highest BCUT2D eigenvalue weighted by Crippen LogP contribution is 2.23. The van der Waals surface area contributed by atoms with E-state index in [1.165, 1.54) is 11.3 Å². The van der Waals surface area contributed by atoms with Crippen LogP contribution in [-0.4, -0.2) is 22.6 Å². The van der Waals surface area contributed by atoms with Crippen molar-refractivity contribution in [2.24, 2.45) is 0 Å². The van der Waals surface area contributed by atoms with Gasteiger partial charge in [-0.15, -0.1) is 11.3 Å². The molecular formula is C13H13ClN2O2S. The second-order valence-electron chi connectivity index (χ2n) is 3.95. The topological polar surface area (TPSA) is 53.4 Å². The first kappa shape index (κ1) is 13.8. The largest absolute Gasteiger partial charge is 0.477 e. The van der Waals surface area contributed by atoms with Gasteiger partial charge in [0.15, 0.2) is 0 Å². The van der Waals surface area contributed by atoms with Crippen molar-refractivity contribution in [3.05, 3.63) is 45.4 Å². The van der Waals surface area contributed by atoms with Crippen molar-refractivity contribution < 1.29 is 9.90 Å². The molecule has 0 fully saturated rings. The van der Waals surface area contributed by atoms with Gasteiger partial charge in [0, 0.05) is 17.6 Å². The number of carboxylic acids is 1. The molecule has 0 aliphatic carbocycles. The molecule has 0 aliphatic rings. The maximum atomic E-state index is 10.9. The zero-order chi connectivity index (χ0) is 13.8. The number of anilines is 1. The molecular weight excluding hydrogens is 284 g/mol. The fourth-order valence-corrected chi connectivity index (χ4v) is 2.76. The average molecular weight is 297 g/mol. The highest BCUT2D eigenvalue weighted by molar-refractivity contribution is 7.13. The Kier molecular flexibility index (Phi) is 4.39. The van der Waals surface area contributed by atoms with Crippen molar-refractivity contribution >= 4 is 34.6 Å². The van der Waals surface area contributed by atoms with Gasteiger partial charge in [-0.3, -0.25) is 4.98 Å². The fraction of sp³-hybridized carbons (Fsp3) is 0.231. The molecule has 0 aliphatic heterocycles. The van der Waals surface area contributed by atoms with Crippen molar-refractivity contribution in [2.75, 3.05) is 11.4 Å². The number of carboxylic acid groups (broad SMARTS) is 1. The summed E-state index contributed by atoms with van der Waals surface area (Å²) in [6.45, 7) is 3.48. The third-order valence-electron chi connectivity index (χ3n) is 2.66. The molecule has 6 heteroatoms. The molecule has 0 saturated heterocycles. The SMILES string of the molecule is CCN(Cc1ccc(C(=O)O)s1)c1cncc(Cl)c1. The van der Waals surface area contributed by atoms with Crippen molar-refractivity contribution in [3.63, 3.8) is 0 Å². The Morgan fingerprint density at radius 3 is 2.84 bits per heavy atom. The maximum absolute atomic E-state index is 10.9. The number of aromatic carboxylic acids is 1. The van der Waals surface area contributed by atoms with E-state index < -0.39 is 5.97 Å². The van der Waals surface area contributed by atoms with Crippen LogP contribution >= 0.6 is 22.9 Å². The van der Waals surface area contributed by atoms with Gasteiger partial charge < -0.3 is 10.0 Å². The van der Waals surface area contributed by atoms with Crippen LogP contribution in [0.4, 0.5) is 5.69 Å². The molecule has 2 aromatic heterocycles. The van der Waals surface area contributed by atoms with Crippen molar-refractivity contribution in [1.82, 2.24) is 4.98 Å². The van der Waals surface area contributed by atoms with Gasteiger partial charge in [-0.05, 0) is 25.1 Å². The van der Waals surface area contributed by atoms with Crippen LogP contribution in [0.3, 0.4) is 0 Å². The number of pyridine rings is 1. The molecule has 0 unspecified atom stereocenters. The minimum atomic E-state index is -0.885. The first-order valence-corrected chi connectivity index (χ1v) is 6.97. The Morgan fingerprint density at radius 1 is 1.47 bits per heavy atom. The Bertz CT molecular complexity index is 586. The molecule has 2 aromatic rings. The van der Waals surface area contributed by atoms with Gasteiger partial charge in [-0.2, -0.15) is 0 Å². The lowest BCUT2D eigenvalue weighted by molar-refractivity contribution is 0.0702. The molecule has 0 saturated carbocycles. The van der Waals surface area contributed by atoms with Crippen LogP contribution in [0.2, 0.25) is 5.02 Å². The van der Waals surface area contributed by atoms with Gasteiger partial charge in [0.25, 0.3) is 0 Å². The quantitative estimate of drug-likeness (QED) is 0.917. The number of carbonyl (C=O) groups is 1. The molecule has 1 N–H and O–H groups in total. The lowest BCUT2D eigenvalue weighted by atomic mass is 10.3. The summed E-state index contributed by atoms with van der Waals surface area (Å²) < 4.78 is 0. The highest BCUT2D eigenvalue weighted by atomic mass is 35.5. The van der Waals surface area contributed by atoms with E-state index in [9.17, 15) is 4.79 Å². The summed E-state index contributed by atoms with van der Waals surface area (Å²) in [5, 5.41) is 9.50. The third-order valence-corrected chi connectivity index (χ3v) is 3.92. The molecule has 100 valence electrons. The van der Waals surface area contributed by atoms with Crippen LogP contribution < -0.4 is 4.90 Å². The Morgan fingerprint density at radius 2 is 2.26 bits per heavy atom. The van der Waals surface area contributed by atoms with E-state index in [0.717, 1.165) is 17.1 Å². The molecule has 0 atom stereocenters. The van der Waals surface area contributed by atoms with E-state index in [0.29, 0.717) is 16.4 Å². The van der Waals surface area contributed by atoms with Crippen LogP contribution in [0.5, 0.6) is 0 Å². The normalized spacial score (nSPS) is 10.4. The molecule has 2 rings (SSSR count). The fourth-order valence-electron chi connectivity index (χ4n) is 1.73. The number of rotatable bonds is 5. The number of aromatic nitrogens is 1. The standard InChI is InChI=1S/C13H13ClN2O2S/c1-2-16(10-5-9(14)6-15-7-10)8-11-3-4-12(19-11)13(17)18/h3-7H,2,8H2,1H3,(H,17,18). The number of hydrogen-bond donors (Lipinski definition) is 1. The van der Waals surface area contributed by atoms with Crippen molar-refractivity contribution in [1.29, 1.82) is 0 Å². The predicted octanol–water partition coefficient (Wildman–Crippen LogP) is 3.52. The number of halogens is 1. The van der Waals surface area contributed by atoms with Gasteiger partial charge >= 0.3 is 5.97 Å². The molecule has 19 heavy (non-hydrogen) atoms. The van der Waals surface area contributed by atoms with E-state index >= 15 is 0 Å². The first-order chi connectivity index (χ1) is 9.10. The zero-order valence-corrected chi connectivity index (χ0v) is 11.9. The second-order valence-corrected chi connectivity index (χ2v) is 5.55. The lowest BCUT2D eigenvalue weighted by Gasteiger charge is -2.22. The summed E-state index contributed by atoms with van der Waals surface area (Å²) in [7, 11) is 0. The number of hydrogen-bond acceptors (Lipinski definition) is 4. The summed E-state index contributed by atoms with van der Waals surface area (Å²) in [6.07, 6.45) is 3.34. The molecule has 0 radical (unpaired) electrons. The first-order valence-electron chi connectivity index (χ1n) is 5.77.